The average Bonchev–Trinajstić information content (AvgIpc) is 2.74. The number of hydrogen-bond acceptors (Lipinski definition) is 3. The number of aryl methyl sites for hydroxylation is 1. The number of anilines is 1. The van der Waals surface area contributed by atoms with Gasteiger partial charge in [0.05, 0.1) is 18.2 Å². The minimum Gasteiger partial charge on any atom is -0.494 e. The smallest absolute Gasteiger partial charge is 0.416 e. The molecule has 0 aliphatic carbocycles. The van der Waals surface area contributed by atoms with Gasteiger partial charge in [-0.3, -0.25) is 9.59 Å². The van der Waals surface area contributed by atoms with E-state index >= 15 is 0 Å². The van der Waals surface area contributed by atoms with Gasteiger partial charge in [-0.2, -0.15) is 13.2 Å². The topological polar surface area (TPSA) is 67.4 Å². The van der Waals surface area contributed by atoms with E-state index in [9.17, 15) is 22.8 Å². The molecule has 5 nitrogen and oxygen atoms in total. The van der Waals surface area contributed by atoms with E-state index in [0.717, 1.165) is 23.4 Å². The van der Waals surface area contributed by atoms with Crippen molar-refractivity contribution < 1.29 is 27.5 Å². The summed E-state index contributed by atoms with van der Waals surface area (Å²) in [6.45, 7) is 4.04. The van der Waals surface area contributed by atoms with Gasteiger partial charge in [0.1, 0.15) is 5.75 Å². The van der Waals surface area contributed by atoms with Gasteiger partial charge in [0.2, 0.25) is 11.8 Å². The van der Waals surface area contributed by atoms with E-state index in [1.807, 2.05) is 19.9 Å². The van der Waals surface area contributed by atoms with Crippen molar-refractivity contribution in [3.8, 4) is 5.75 Å². The van der Waals surface area contributed by atoms with E-state index < -0.39 is 17.8 Å². The van der Waals surface area contributed by atoms with Crippen molar-refractivity contribution in [3.05, 3.63) is 59.2 Å². The molecule has 2 aromatic carbocycles. The molecule has 1 atom stereocenters. The van der Waals surface area contributed by atoms with Gasteiger partial charge in [-0.05, 0) is 60.2 Å². The lowest BCUT2D eigenvalue weighted by molar-refractivity contribution is -0.137. The Balaban J connectivity index is 1.51. The largest absolute Gasteiger partial charge is 0.494 e. The molecule has 1 aliphatic rings. The minimum atomic E-state index is -4.43. The molecule has 2 aromatic rings. The molecule has 0 spiro atoms. The Morgan fingerprint density at radius 3 is 2.66 bits per heavy atom. The SMILES string of the molecule is CC(C)C(NC(=O)CCCOc1ccc2c(c1)CCC(=O)N2)c1cccc(C(F)(F)F)c1. The van der Waals surface area contributed by atoms with Crippen molar-refractivity contribution in [2.24, 2.45) is 5.92 Å². The second kappa shape index (κ2) is 10.1. The maximum Gasteiger partial charge on any atom is 0.416 e. The van der Waals surface area contributed by atoms with Crippen molar-refractivity contribution in [1.29, 1.82) is 0 Å². The van der Waals surface area contributed by atoms with Gasteiger partial charge >= 0.3 is 6.18 Å². The van der Waals surface area contributed by atoms with Crippen molar-refractivity contribution in [2.75, 3.05) is 11.9 Å². The fourth-order valence-electron chi connectivity index (χ4n) is 3.66. The average molecular weight is 448 g/mol. The zero-order valence-corrected chi connectivity index (χ0v) is 18.1. The lowest BCUT2D eigenvalue weighted by Gasteiger charge is -2.24. The monoisotopic (exact) mass is 448 g/mol. The summed E-state index contributed by atoms with van der Waals surface area (Å²) in [7, 11) is 0. The molecule has 172 valence electrons. The fraction of sp³-hybridized carbons (Fsp3) is 0.417. The fourth-order valence-corrected chi connectivity index (χ4v) is 3.66. The number of nitrogens with one attached hydrogen (secondary N) is 2. The number of carbonyl (C=O) groups excluding carboxylic acids is 2. The van der Waals surface area contributed by atoms with Crippen molar-refractivity contribution in [1.82, 2.24) is 5.32 Å². The third kappa shape index (κ3) is 6.24. The van der Waals surface area contributed by atoms with Crippen LogP contribution in [0.15, 0.2) is 42.5 Å². The van der Waals surface area contributed by atoms with E-state index in [1.54, 1.807) is 18.2 Å². The molecular weight excluding hydrogens is 421 g/mol. The number of carbonyl (C=O) groups is 2. The Bertz CT molecular complexity index is 973. The standard InChI is InChI=1S/C24H27F3N2O3/c1-15(2)23(17-5-3-6-18(13-17)24(25,26)27)29-21(30)7-4-12-32-19-9-10-20-16(14-19)8-11-22(31)28-20/h3,5-6,9-10,13-15,23H,4,7-8,11-12H2,1-2H3,(H,28,31)(H,29,30). The van der Waals surface area contributed by atoms with E-state index in [4.69, 9.17) is 4.74 Å². The van der Waals surface area contributed by atoms with E-state index in [-0.39, 0.29) is 24.2 Å². The third-order valence-corrected chi connectivity index (χ3v) is 5.35. The van der Waals surface area contributed by atoms with Gasteiger partial charge in [0, 0.05) is 18.5 Å². The molecule has 2 amide bonds. The summed E-state index contributed by atoms with van der Waals surface area (Å²) in [5, 5.41) is 5.66. The van der Waals surface area contributed by atoms with Gasteiger partial charge in [0.25, 0.3) is 0 Å². The summed E-state index contributed by atoms with van der Waals surface area (Å²) in [5.74, 6) is 0.360. The highest BCUT2D eigenvalue weighted by molar-refractivity contribution is 5.94. The van der Waals surface area contributed by atoms with Crippen molar-refractivity contribution >= 4 is 17.5 Å². The Hall–Kier alpha value is -3.03. The van der Waals surface area contributed by atoms with Crippen LogP contribution in [0.3, 0.4) is 0 Å². The molecule has 0 saturated heterocycles. The molecule has 0 fully saturated rings. The first-order valence-corrected chi connectivity index (χ1v) is 10.7. The number of rotatable bonds is 8. The number of fused-ring (bicyclic) bond motifs is 1. The van der Waals surface area contributed by atoms with Crippen LogP contribution >= 0.6 is 0 Å². The molecular formula is C24H27F3N2O3. The van der Waals surface area contributed by atoms with Crippen molar-refractivity contribution in [2.45, 2.75) is 51.7 Å². The first kappa shape index (κ1) is 23.6. The van der Waals surface area contributed by atoms with E-state index in [0.29, 0.717) is 37.2 Å². The molecule has 1 aliphatic heterocycles. The molecule has 3 rings (SSSR count). The van der Waals surface area contributed by atoms with Gasteiger partial charge in [-0.25, -0.2) is 0 Å². The first-order valence-electron chi connectivity index (χ1n) is 10.7. The molecule has 2 N–H and O–H groups in total. The van der Waals surface area contributed by atoms with Crippen LogP contribution in [0.1, 0.15) is 55.8 Å². The summed E-state index contributed by atoms with van der Waals surface area (Å²) in [6, 6.07) is 10.0. The second-order valence-corrected chi connectivity index (χ2v) is 8.23. The predicted molar refractivity (Wildman–Crippen MR) is 115 cm³/mol. The van der Waals surface area contributed by atoms with Gasteiger partial charge in [-0.1, -0.05) is 26.0 Å². The summed E-state index contributed by atoms with van der Waals surface area (Å²) < 4.78 is 44.8. The van der Waals surface area contributed by atoms with Crippen LogP contribution in [0.4, 0.5) is 18.9 Å². The number of halogens is 3. The van der Waals surface area contributed by atoms with Crippen LogP contribution in [0.2, 0.25) is 0 Å². The van der Waals surface area contributed by atoms with Crippen LogP contribution < -0.4 is 15.4 Å². The quantitative estimate of drug-likeness (QED) is 0.541. The summed E-state index contributed by atoms with van der Waals surface area (Å²) in [5.41, 5.74) is 1.51. The van der Waals surface area contributed by atoms with Crippen LogP contribution in [0.5, 0.6) is 5.75 Å². The molecule has 8 heteroatoms. The third-order valence-electron chi connectivity index (χ3n) is 5.35. The minimum absolute atomic E-state index is 0.00187. The Morgan fingerprint density at radius 2 is 1.94 bits per heavy atom. The Labute approximate surface area is 185 Å². The van der Waals surface area contributed by atoms with Crippen LogP contribution in [0, 0.1) is 5.92 Å². The molecule has 1 unspecified atom stereocenters. The van der Waals surface area contributed by atoms with E-state index in [2.05, 4.69) is 10.6 Å². The highest BCUT2D eigenvalue weighted by Crippen LogP contribution is 2.32. The molecule has 0 bridgehead atoms. The lowest BCUT2D eigenvalue weighted by atomic mass is 9.94. The van der Waals surface area contributed by atoms with Crippen LogP contribution in [-0.4, -0.2) is 18.4 Å². The molecule has 0 saturated carbocycles. The molecule has 0 radical (unpaired) electrons. The van der Waals surface area contributed by atoms with Gasteiger partial charge in [0.15, 0.2) is 0 Å². The summed E-state index contributed by atoms with van der Waals surface area (Å²) in [4.78, 5) is 23.8. The normalized spacial score (nSPS) is 14.5. The number of amides is 2. The zero-order valence-electron chi connectivity index (χ0n) is 18.1. The highest BCUT2D eigenvalue weighted by atomic mass is 19.4. The molecule has 1 heterocycles. The number of benzene rings is 2. The second-order valence-electron chi connectivity index (χ2n) is 8.23. The summed E-state index contributed by atoms with van der Waals surface area (Å²) in [6.07, 6.45) is -2.66. The lowest BCUT2D eigenvalue weighted by Crippen LogP contribution is -2.32. The first-order chi connectivity index (χ1) is 15.1. The number of ether oxygens (including phenoxy) is 1. The van der Waals surface area contributed by atoms with Gasteiger partial charge < -0.3 is 15.4 Å². The highest BCUT2D eigenvalue weighted by Gasteiger charge is 2.31. The van der Waals surface area contributed by atoms with E-state index in [1.165, 1.54) is 6.07 Å². The maximum atomic E-state index is 13.0. The van der Waals surface area contributed by atoms with Gasteiger partial charge in [-0.15, -0.1) is 0 Å². The van der Waals surface area contributed by atoms with Crippen LogP contribution in [0.25, 0.3) is 0 Å². The Kier molecular flexibility index (Phi) is 7.43. The molecule has 0 aromatic heterocycles. The van der Waals surface area contributed by atoms with Crippen LogP contribution in [-0.2, 0) is 22.2 Å². The number of alkyl halides is 3. The van der Waals surface area contributed by atoms with Crippen molar-refractivity contribution in [3.63, 3.8) is 0 Å². The Morgan fingerprint density at radius 1 is 1.16 bits per heavy atom. The summed E-state index contributed by atoms with van der Waals surface area (Å²) >= 11 is 0. The number of hydrogen-bond donors (Lipinski definition) is 2. The predicted octanol–water partition coefficient (Wildman–Crippen LogP) is 5.26. The maximum absolute atomic E-state index is 13.0. The zero-order chi connectivity index (χ0) is 23.3. The molecule has 32 heavy (non-hydrogen) atoms.